The molecule has 0 aliphatic carbocycles. The molecule has 1 heterocycles. The lowest BCUT2D eigenvalue weighted by atomic mass is 10.2. The van der Waals surface area contributed by atoms with Crippen molar-refractivity contribution < 1.29 is 0 Å². The lowest BCUT2D eigenvalue weighted by Crippen LogP contribution is -2.27. The Labute approximate surface area is 83.4 Å². The van der Waals surface area contributed by atoms with E-state index in [2.05, 4.69) is 16.4 Å². The molecule has 13 heavy (non-hydrogen) atoms. The maximum absolute atomic E-state index is 5.34. The highest BCUT2D eigenvalue weighted by Gasteiger charge is 1.94. The lowest BCUT2D eigenvalue weighted by molar-refractivity contribution is 0.857. The van der Waals surface area contributed by atoms with Crippen molar-refractivity contribution in [2.75, 3.05) is 0 Å². The summed E-state index contributed by atoms with van der Waals surface area (Å²) in [6.45, 7) is 0. The maximum atomic E-state index is 5.34. The van der Waals surface area contributed by atoms with E-state index in [4.69, 9.17) is 18.0 Å². The zero-order chi connectivity index (χ0) is 9.52. The van der Waals surface area contributed by atoms with Gasteiger partial charge >= 0.3 is 0 Å². The molecule has 0 spiro atoms. The molecule has 0 aromatic rings. The quantitative estimate of drug-likeness (QED) is 0.623. The van der Waals surface area contributed by atoms with Crippen molar-refractivity contribution in [1.82, 2.24) is 5.32 Å². The molecular weight excluding hydrogens is 182 g/mol. The number of nitrogens with zero attached hydrogens (tertiary/aromatic N) is 1. The van der Waals surface area contributed by atoms with Gasteiger partial charge in [0, 0.05) is 6.21 Å². The molecule has 70 valence electrons. The minimum absolute atomic E-state index is 0.256. The average molecular weight is 195 g/mol. The molecule has 1 aliphatic heterocycles. The smallest absolute Gasteiger partial charge is 0.169 e. The Balaban J connectivity index is 2.62. The molecule has 3 N–H and O–H groups in total. The molecule has 0 radical (unpaired) electrons. The molecule has 0 aromatic heterocycles. The van der Waals surface area contributed by atoms with Crippen LogP contribution in [-0.2, 0) is 0 Å². The molecule has 1 aliphatic rings. The van der Waals surface area contributed by atoms with Gasteiger partial charge in [-0.1, -0.05) is 6.08 Å². The second-order valence-corrected chi connectivity index (χ2v) is 3.16. The highest BCUT2D eigenvalue weighted by atomic mass is 32.1. The number of nitrogens with two attached hydrogens (primary N) is 1. The summed E-state index contributed by atoms with van der Waals surface area (Å²) in [6.07, 6.45) is 11.0. The third-order valence-electron chi connectivity index (χ3n) is 1.60. The lowest BCUT2D eigenvalue weighted by Gasteiger charge is -2.02. The van der Waals surface area contributed by atoms with Gasteiger partial charge in [0.25, 0.3) is 0 Å². The fraction of sp³-hybridized carbons (Fsp3) is 0.333. The Morgan fingerprint density at radius 1 is 1.54 bits per heavy atom. The summed E-state index contributed by atoms with van der Waals surface area (Å²) in [5, 5.41) is 3.07. The molecule has 0 saturated carbocycles. The molecule has 1 rings (SSSR count). The topological polar surface area (TPSA) is 50.4 Å². The summed E-state index contributed by atoms with van der Waals surface area (Å²) in [5.41, 5.74) is 5.34. The van der Waals surface area contributed by atoms with E-state index in [1.807, 2.05) is 12.2 Å². The summed E-state index contributed by atoms with van der Waals surface area (Å²) in [4.78, 5) is 4.15. The number of nitrogens with one attached hydrogen (secondary N) is 1. The molecule has 0 saturated heterocycles. The normalized spacial score (nSPS) is 25.7. The number of aliphatic imine (C=N–C) groups is 1. The number of hydrogen-bond acceptors (Lipinski definition) is 2. The van der Waals surface area contributed by atoms with E-state index in [1.165, 1.54) is 0 Å². The molecule has 0 aromatic carbocycles. The monoisotopic (exact) mass is 195 g/mol. The number of hydrogen-bond donors (Lipinski definition) is 2. The van der Waals surface area contributed by atoms with Gasteiger partial charge in [0.15, 0.2) is 5.11 Å². The molecule has 3 nitrogen and oxygen atoms in total. The van der Waals surface area contributed by atoms with Crippen LogP contribution in [0.25, 0.3) is 0 Å². The minimum atomic E-state index is 0.256. The fourth-order valence-corrected chi connectivity index (χ4v) is 1.12. The molecule has 0 unspecified atom stereocenters. The van der Waals surface area contributed by atoms with E-state index >= 15 is 0 Å². The molecule has 0 bridgehead atoms. The van der Waals surface area contributed by atoms with Crippen LogP contribution in [0.15, 0.2) is 29.0 Å². The van der Waals surface area contributed by atoms with Crippen LogP contribution in [0.5, 0.6) is 0 Å². The van der Waals surface area contributed by atoms with Crippen LogP contribution in [0.3, 0.4) is 0 Å². The standard InChI is InChI=1S/C9H13N3S/c10-9(13)12-8-6-4-2-1-3-5-7-11-8/h3,5-7H,1-2,4H2,(H3,10,12,13)/b5-3+,8-6-,11-7-. The van der Waals surface area contributed by atoms with Crippen LogP contribution in [0, 0.1) is 0 Å². The van der Waals surface area contributed by atoms with E-state index in [0.717, 1.165) is 25.1 Å². The zero-order valence-corrected chi connectivity index (χ0v) is 8.18. The van der Waals surface area contributed by atoms with Gasteiger partial charge in [0.05, 0.1) is 0 Å². The molecule has 0 amide bonds. The summed E-state index contributed by atoms with van der Waals surface area (Å²) in [7, 11) is 0. The summed E-state index contributed by atoms with van der Waals surface area (Å²) in [6, 6.07) is 0. The third kappa shape index (κ3) is 4.42. The summed E-state index contributed by atoms with van der Waals surface area (Å²) < 4.78 is 0. The average Bonchev–Trinajstić information content (AvgIpc) is 2.17. The van der Waals surface area contributed by atoms with E-state index < -0.39 is 0 Å². The van der Waals surface area contributed by atoms with E-state index in [0.29, 0.717) is 0 Å². The van der Waals surface area contributed by atoms with Gasteiger partial charge in [0.2, 0.25) is 0 Å². The van der Waals surface area contributed by atoms with Crippen LogP contribution in [0.2, 0.25) is 0 Å². The van der Waals surface area contributed by atoms with Gasteiger partial charge in [-0.3, -0.25) is 0 Å². The summed E-state index contributed by atoms with van der Waals surface area (Å²) >= 11 is 4.72. The fourth-order valence-electron chi connectivity index (χ4n) is 1.02. The second kappa shape index (κ2) is 5.48. The Hall–Kier alpha value is -1.16. The SMILES string of the molecule is NC(=S)NC1=C\CCC/C=C/C=N\1. The van der Waals surface area contributed by atoms with E-state index in [1.54, 1.807) is 6.21 Å². The highest BCUT2D eigenvalue weighted by Crippen LogP contribution is 2.03. The molecule has 0 fully saturated rings. The maximum Gasteiger partial charge on any atom is 0.169 e. The number of thiocarbonyl (C=S) groups is 1. The van der Waals surface area contributed by atoms with E-state index in [9.17, 15) is 0 Å². The van der Waals surface area contributed by atoms with Crippen molar-refractivity contribution in [3.63, 3.8) is 0 Å². The largest absolute Gasteiger partial charge is 0.376 e. The Morgan fingerprint density at radius 2 is 2.38 bits per heavy atom. The first-order chi connectivity index (χ1) is 6.29. The zero-order valence-electron chi connectivity index (χ0n) is 7.36. The first-order valence-electron chi connectivity index (χ1n) is 4.25. The predicted octanol–water partition coefficient (Wildman–Crippen LogP) is 1.47. The first-order valence-corrected chi connectivity index (χ1v) is 4.65. The van der Waals surface area contributed by atoms with Gasteiger partial charge in [-0.05, 0) is 43.6 Å². The van der Waals surface area contributed by atoms with Crippen molar-refractivity contribution >= 4 is 23.5 Å². The molecule has 0 atom stereocenters. The van der Waals surface area contributed by atoms with Crippen molar-refractivity contribution in [3.05, 3.63) is 24.0 Å². The minimum Gasteiger partial charge on any atom is -0.376 e. The number of allylic oxidation sites excluding steroid dienone is 3. The number of rotatable bonds is 1. The third-order valence-corrected chi connectivity index (χ3v) is 1.70. The van der Waals surface area contributed by atoms with Gasteiger partial charge in [-0.15, -0.1) is 0 Å². The highest BCUT2D eigenvalue weighted by molar-refractivity contribution is 7.80. The Morgan fingerprint density at radius 3 is 3.15 bits per heavy atom. The van der Waals surface area contributed by atoms with Crippen molar-refractivity contribution in [3.8, 4) is 0 Å². The molecule has 4 heteroatoms. The Bertz CT molecular complexity index is 266. The van der Waals surface area contributed by atoms with Gasteiger partial charge in [0.1, 0.15) is 5.82 Å². The Kier molecular flexibility index (Phi) is 4.18. The van der Waals surface area contributed by atoms with Crippen LogP contribution >= 0.6 is 12.2 Å². The van der Waals surface area contributed by atoms with Gasteiger partial charge < -0.3 is 11.1 Å². The van der Waals surface area contributed by atoms with Crippen LogP contribution in [-0.4, -0.2) is 11.3 Å². The second-order valence-electron chi connectivity index (χ2n) is 2.72. The van der Waals surface area contributed by atoms with Crippen LogP contribution in [0.1, 0.15) is 19.3 Å². The first kappa shape index (κ1) is 9.92. The van der Waals surface area contributed by atoms with Gasteiger partial charge in [-0.25, -0.2) is 4.99 Å². The summed E-state index contributed by atoms with van der Waals surface area (Å²) in [5.74, 6) is 0.735. The van der Waals surface area contributed by atoms with Crippen LogP contribution in [0.4, 0.5) is 0 Å². The van der Waals surface area contributed by atoms with Crippen molar-refractivity contribution in [1.29, 1.82) is 0 Å². The van der Waals surface area contributed by atoms with Crippen molar-refractivity contribution in [2.24, 2.45) is 10.7 Å². The van der Waals surface area contributed by atoms with Crippen molar-refractivity contribution in [2.45, 2.75) is 19.3 Å². The van der Waals surface area contributed by atoms with E-state index in [-0.39, 0.29) is 5.11 Å². The van der Waals surface area contributed by atoms with Gasteiger partial charge in [-0.2, -0.15) is 0 Å². The molecular formula is C9H13N3S. The van der Waals surface area contributed by atoms with Crippen LogP contribution < -0.4 is 11.1 Å². The predicted molar refractivity (Wildman–Crippen MR) is 59.5 cm³/mol.